The number of aromatic nitrogens is 2. The maximum absolute atomic E-state index is 15.6. The number of halogens is 3. The third-order valence-electron chi connectivity index (χ3n) is 7.41. The predicted molar refractivity (Wildman–Crippen MR) is 158 cm³/mol. The highest BCUT2D eigenvalue weighted by Crippen LogP contribution is 2.50. The number of rotatable bonds is 3. The van der Waals surface area contributed by atoms with Gasteiger partial charge in [-0.15, -0.1) is 0 Å². The number of hydrogen-bond acceptors (Lipinski definition) is 6. The van der Waals surface area contributed by atoms with E-state index in [1.807, 2.05) is 0 Å². The first-order valence-electron chi connectivity index (χ1n) is 13.2. The zero-order valence-corrected chi connectivity index (χ0v) is 22.5. The summed E-state index contributed by atoms with van der Waals surface area (Å²) in [6, 6.07) is 19.2. The van der Waals surface area contributed by atoms with E-state index in [2.05, 4.69) is 4.98 Å². The Balaban J connectivity index is 1.54. The number of allylic oxidation sites excluding steroid dienone is 3. The highest BCUT2D eigenvalue weighted by molar-refractivity contribution is 6.41. The number of hydrogen-bond donors (Lipinski definition) is 0. The van der Waals surface area contributed by atoms with Crippen LogP contribution in [-0.2, 0) is 0 Å². The van der Waals surface area contributed by atoms with Crippen molar-refractivity contribution in [2.45, 2.75) is 6.92 Å². The predicted octanol–water partition coefficient (Wildman–Crippen LogP) is 6.29. The van der Waals surface area contributed by atoms with Gasteiger partial charge in [0.25, 0.3) is 0 Å². The van der Waals surface area contributed by atoms with Gasteiger partial charge in [0.2, 0.25) is 0 Å². The lowest BCUT2D eigenvalue weighted by Gasteiger charge is -2.26. The minimum Gasteiger partial charge on any atom is -0.288 e. The lowest BCUT2D eigenvalue weighted by Crippen LogP contribution is -2.25. The summed E-state index contributed by atoms with van der Waals surface area (Å²) in [7, 11) is 5.84. The number of carbonyl (C=O) groups is 2. The molecule has 2 heterocycles. The summed E-state index contributed by atoms with van der Waals surface area (Å²) in [4.78, 5) is 38.5. The van der Waals surface area contributed by atoms with E-state index in [1.54, 1.807) is 37.3 Å². The molecule has 0 fully saturated rings. The van der Waals surface area contributed by atoms with Crippen LogP contribution in [0.5, 0.6) is 0 Å². The van der Waals surface area contributed by atoms with E-state index in [0.29, 0.717) is 22.1 Å². The lowest BCUT2D eigenvalue weighted by atomic mass is 9.93. The van der Waals surface area contributed by atoms with Gasteiger partial charge in [0.05, 0.1) is 22.3 Å². The van der Waals surface area contributed by atoms with Crippen molar-refractivity contribution in [1.82, 2.24) is 9.97 Å². The van der Waals surface area contributed by atoms with E-state index in [0.717, 1.165) is 12.1 Å². The minimum absolute atomic E-state index is 0.00826. The molecule has 0 N–H and O–H groups in total. The molecule has 7 rings (SSSR count). The van der Waals surface area contributed by atoms with Crippen molar-refractivity contribution < 1.29 is 22.8 Å². The Labute approximate surface area is 244 Å². The third kappa shape index (κ3) is 4.05. The van der Waals surface area contributed by atoms with Crippen LogP contribution in [0.2, 0.25) is 0 Å². The van der Waals surface area contributed by atoms with Crippen molar-refractivity contribution in [2.24, 2.45) is 0 Å². The molecule has 4 aromatic carbocycles. The number of carbonyl (C=O) groups excluding carboxylic acids is 2. The Morgan fingerprint density at radius 2 is 1.23 bits per heavy atom. The van der Waals surface area contributed by atoms with Gasteiger partial charge in [0.15, 0.2) is 23.2 Å². The number of ketones is 2. The summed E-state index contributed by atoms with van der Waals surface area (Å²) in [5, 5.41) is 0. The maximum atomic E-state index is 15.6. The molecular weight excluding hydrogens is 552 g/mol. The smallest absolute Gasteiger partial charge is 0.197 e. The molecule has 0 saturated carbocycles. The number of benzene rings is 4. The first kappa shape index (κ1) is 26.4. The molecule has 5 aromatic rings. The molecule has 0 atom stereocenters. The number of para-hydroxylation sites is 4. The molecule has 206 valence electrons. The first-order valence-corrected chi connectivity index (χ1v) is 13.2. The average molecular weight is 570 g/mol. The zero-order valence-electron chi connectivity index (χ0n) is 22.5. The van der Waals surface area contributed by atoms with Crippen LogP contribution in [0.25, 0.3) is 11.0 Å². The fourth-order valence-electron chi connectivity index (χ4n) is 5.45. The Kier molecular flexibility index (Phi) is 6.02. The Hall–Kier alpha value is -5.51. The van der Waals surface area contributed by atoms with E-state index in [4.69, 9.17) is 12.8 Å². The van der Waals surface area contributed by atoms with Gasteiger partial charge in [-0.2, -0.15) is 0 Å². The Bertz CT molecular complexity index is 1970. The summed E-state index contributed by atoms with van der Waals surface area (Å²) < 4.78 is 46.6. The van der Waals surface area contributed by atoms with Gasteiger partial charge in [-0.3, -0.25) is 19.4 Å². The zero-order chi connectivity index (χ0) is 30.0. The maximum Gasteiger partial charge on any atom is 0.197 e. The van der Waals surface area contributed by atoms with Crippen LogP contribution in [0.4, 0.5) is 36.2 Å². The topological polar surface area (TPSA) is 66.4 Å². The van der Waals surface area contributed by atoms with Crippen molar-refractivity contribution in [2.75, 3.05) is 9.80 Å². The van der Waals surface area contributed by atoms with E-state index < -0.39 is 34.7 Å². The van der Waals surface area contributed by atoms with Crippen LogP contribution in [-0.4, -0.2) is 29.4 Å². The van der Waals surface area contributed by atoms with Gasteiger partial charge in [-0.25, -0.2) is 23.1 Å². The van der Waals surface area contributed by atoms with Gasteiger partial charge >= 0.3 is 0 Å². The molecule has 6 nitrogen and oxygen atoms in total. The molecule has 0 unspecified atom stereocenters. The molecule has 10 heteroatoms. The molecule has 1 aromatic heterocycles. The van der Waals surface area contributed by atoms with E-state index in [9.17, 15) is 9.59 Å². The molecule has 2 radical (unpaired) electrons. The van der Waals surface area contributed by atoms with Gasteiger partial charge < -0.3 is 0 Å². The number of fused-ring (bicyclic) bond motifs is 3. The molecule has 1 aliphatic heterocycles. The van der Waals surface area contributed by atoms with Crippen molar-refractivity contribution in [1.29, 1.82) is 0 Å². The summed E-state index contributed by atoms with van der Waals surface area (Å²) in [5.41, 5.74) is 1.42. The van der Waals surface area contributed by atoms with Crippen LogP contribution >= 0.6 is 0 Å². The standard InChI is InChI=1S/C33H18BF3N4O2/c1-17-6-4-7-22(35)28(17)40-27(15-14-20-30(42)19-13-12-18(34)16-21(19)31(20)43)41(29-23(36)8-5-9-24(29)37)33-32(40)38-25-10-2-3-11-26(25)39-33/h2-16H,1H3/b20-14+,27-15+. The SMILES string of the molecule is [B]c1ccc2c(c1)C(=O)/C(=C/C=C1\N(c3c(C)cccc3F)c3nc4ccccc4nc3N1c1c(F)cccc1F)C2=O. The quantitative estimate of drug-likeness (QED) is 0.145. The molecule has 0 saturated heterocycles. The Morgan fingerprint density at radius 3 is 1.86 bits per heavy atom. The lowest BCUT2D eigenvalue weighted by molar-refractivity contribution is 0.0988. The highest BCUT2D eigenvalue weighted by Gasteiger charge is 2.41. The minimum atomic E-state index is -0.914. The number of Topliss-reactive ketones (excluding diaryl/α,β-unsaturated/α-hetero) is 2. The second-order valence-electron chi connectivity index (χ2n) is 10.1. The van der Waals surface area contributed by atoms with Crippen molar-refractivity contribution >= 4 is 58.9 Å². The Morgan fingerprint density at radius 1 is 0.674 bits per heavy atom. The van der Waals surface area contributed by atoms with Crippen molar-refractivity contribution in [3.8, 4) is 0 Å². The van der Waals surface area contributed by atoms with Gasteiger partial charge in [0, 0.05) is 11.1 Å². The number of nitrogens with zero attached hydrogens (tertiary/aromatic N) is 4. The van der Waals surface area contributed by atoms with Gasteiger partial charge in [-0.05, 0) is 55.0 Å². The number of aryl methyl sites for hydroxylation is 1. The van der Waals surface area contributed by atoms with E-state index >= 15 is 13.2 Å². The monoisotopic (exact) mass is 570 g/mol. The molecule has 0 spiro atoms. The van der Waals surface area contributed by atoms with Gasteiger partial charge in [0.1, 0.15) is 36.8 Å². The van der Waals surface area contributed by atoms with Crippen LogP contribution in [0.1, 0.15) is 26.3 Å². The van der Waals surface area contributed by atoms with Crippen molar-refractivity contribution in [3.63, 3.8) is 0 Å². The van der Waals surface area contributed by atoms with Gasteiger partial charge in [-0.1, -0.05) is 54.0 Å². The normalized spacial score (nSPS) is 16.1. The summed E-state index contributed by atoms with van der Waals surface area (Å²) in [5.74, 6) is -3.44. The fraction of sp³-hybridized carbons (Fsp3) is 0.0303. The van der Waals surface area contributed by atoms with E-state index in [1.165, 1.54) is 58.4 Å². The van der Waals surface area contributed by atoms with Crippen molar-refractivity contribution in [3.05, 3.63) is 137 Å². The second-order valence-corrected chi connectivity index (χ2v) is 10.1. The fourth-order valence-corrected chi connectivity index (χ4v) is 5.45. The third-order valence-corrected chi connectivity index (χ3v) is 7.41. The van der Waals surface area contributed by atoms with Crippen LogP contribution < -0.4 is 15.3 Å². The van der Waals surface area contributed by atoms with Crippen LogP contribution in [0, 0.1) is 24.4 Å². The summed E-state index contributed by atoms with van der Waals surface area (Å²) in [6.07, 6.45) is 2.60. The number of anilines is 4. The van der Waals surface area contributed by atoms with Crippen LogP contribution in [0.3, 0.4) is 0 Å². The van der Waals surface area contributed by atoms with Crippen LogP contribution in [0.15, 0.2) is 102 Å². The highest BCUT2D eigenvalue weighted by atomic mass is 19.1. The molecule has 2 aliphatic rings. The first-order chi connectivity index (χ1) is 20.7. The summed E-state index contributed by atoms with van der Waals surface area (Å²) in [6.45, 7) is 1.68. The molecule has 0 bridgehead atoms. The molecular formula is C33H18BF3N4O2. The van der Waals surface area contributed by atoms with E-state index in [-0.39, 0.29) is 39.8 Å². The molecule has 43 heavy (non-hydrogen) atoms. The molecule has 1 aliphatic carbocycles. The second kappa shape index (κ2) is 9.80. The summed E-state index contributed by atoms with van der Waals surface area (Å²) >= 11 is 0. The largest absolute Gasteiger partial charge is 0.288 e. The average Bonchev–Trinajstić information content (AvgIpc) is 3.40. The molecule has 0 amide bonds.